The van der Waals surface area contributed by atoms with Crippen molar-refractivity contribution in [3.63, 3.8) is 0 Å². The van der Waals surface area contributed by atoms with Crippen LogP contribution < -0.4 is 5.32 Å². The Bertz CT molecular complexity index is 595. The number of unbranched alkanes of at least 4 members (excludes halogenated alkanes) is 20. The van der Waals surface area contributed by atoms with Crippen molar-refractivity contribution in [2.75, 3.05) is 19.8 Å². The number of carbonyl (C=O) groups is 1. The second-order valence-corrected chi connectivity index (χ2v) is 12.8. The number of alkyl carbamates (subject to hydrolysis) is 1. The van der Waals surface area contributed by atoms with Crippen molar-refractivity contribution in [2.24, 2.45) is 5.92 Å². The zero-order chi connectivity index (χ0) is 32.0. The zero-order valence-electron chi connectivity index (χ0n) is 28.0. The van der Waals surface area contributed by atoms with Gasteiger partial charge in [-0.2, -0.15) is 0 Å². The molecule has 0 aromatic carbocycles. The Morgan fingerprint density at radius 1 is 0.558 bits per heavy atom. The Morgan fingerprint density at radius 3 is 1.28 bits per heavy atom. The van der Waals surface area contributed by atoms with E-state index in [1.165, 1.54) is 128 Å². The molecule has 0 saturated carbocycles. The molecule has 0 aliphatic rings. The lowest BCUT2D eigenvalue weighted by atomic mass is 9.94. The predicted molar refractivity (Wildman–Crippen MR) is 176 cm³/mol. The lowest BCUT2D eigenvalue weighted by Gasteiger charge is -2.25. The van der Waals surface area contributed by atoms with E-state index in [0.717, 1.165) is 25.7 Å². The van der Waals surface area contributed by atoms with E-state index in [9.17, 15) is 25.2 Å². The van der Waals surface area contributed by atoms with E-state index >= 15 is 0 Å². The maximum atomic E-state index is 12.3. The van der Waals surface area contributed by atoms with Gasteiger partial charge in [-0.05, 0) is 18.8 Å². The molecule has 43 heavy (non-hydrogen) atoms. The average Bonchev–Trinajstić information content (AvgIpc) is 3.02. The fraction of sp³-hybridized carbons (Fsp3) is 0.971. The Morgan fingerprint density at radius 2 is 0.907 bits per heavy atom. The minimum atomic E-state index is -1.72. The van der Waals surface area contributed by atoms with Crippen molar-refractivity contribution >= 4 is 6.09 Å². The van der Waals surface area contributed by atoms with Crippen molar-refractivity contribution in [1.29, 1.82) is 0 Å². The summed E-state index contributed by atoms with van der Waals surface area (Å²) in [5, 5.41) is 50.5. The highest BCUT2D eigenvalue weighted by Crippen LogP contribution is 2.21. The summed E-state index contributed by atoms with van der Waals surface area (Å²) >= 11 is 0. The highest BCUT2D eigenvalue weighted by molar-refractivity contribution is 5.67. The molecule has 0 radical (unpaired) electrons. The third kappa shape index (κ3) is 26.0. The van der Waals surface area contributed by atoms with Crippen LogP contribution in [0.25, 0.3) is 0 Å². The first-order valence-electron chi connectivity index (χ1n) is 18.1. The topological polar surface area (TPSA) is 139 Å². The molecule has 258 valence electrons. The smallest absolute Gasteiger partial charge is 0.407 e. The number of hydrogen-bond acceptors (Lipinski definition) is 7. The van der Waals surface area contributed by atoms with Crippen LogP contribution in [0.5, 0.6) is 0 Å². The van der Waals surface area contributed by atoms with Gasteiger partial charge in [0, 0.05) is 6.54 Å². The third-order valence-corrected chi connectivity index (χ3v) is 8.66. The summed E-state index contributed by atoms with van der Waals surface area (Å²) in [6, 6.07) is 0. The number of hydrogen-bond donors (Lipinski definition) is 6. The number of amides is 1. The quantitative estimate of drug-likeness (QED) is 0.0440. The van der Waals surface area contributed by atoms with Gasteiger partial charge >= 0.3 is 6.09 Å². The Kier molecular flexibility index (Phi) is 30.4. The van der Waals surface area contributed by atoms with Crippen molar-refractivity contribution < 1.29 is 35.1 Å². The molecule has 0 aromatic heterocycles. The maximum Gasteiger partial charge on any atom is 0.407 e. The van der Waals surface area contributed by atoms with Crippen LogP contribution in [0.3, 0.4) is 0 Å². The number of ether oxygens (including phenoxy) is 1. The van der Waals surface area contributed by atoms with Crippen molar-refractivity contribution in [2.45, 2.75) is 192 Å². The average molecular weight is 618 g/mol. The Labute approximate surface area is 264 Å². The number of aliphatic hydroxyl groups is 5. The second-order valence-electron chi connectivity index (χ2n) is 12.8. The van der Waals surface area contributed by atoms with Gasteiger partial charge in [-0.15, -0.1) is 0 Å². The molecule has 0 aliphatic carbocycles. The van der Waals surface area contributed by atoms with E-state index in [1.807, 2.05) is 0 Å². The molecular formula is C35H71NO7. The number of rotatable bonds is 32. The zero-order valence-corrected chi connectivity index (χ0v) is 28.0. The van der Waals surface area contributed by atoms with Crippen LogP contribution in [-0.2, 0) is 4.74 Å². The van der Waals surface area contributed by atoms with Gasteiger partial charge in [0.1, 0.15) is 18.3 Å². The SMILES string of the molecule is CCCCCCCCCCCCCCC(CCCCCCCCCCCC)COC(=O)NC[C@@H](O)[C@@H](O)[C@@H](O)[C@H](O)CO. The van der Waals surface area contributed by atoms with E-state index in [4.69, 9.17) is 9.84 Å². The third-order valence-electron chi connectivity index (χ3n) is 8.66. The Hall–Kier alpha value is -0.930. The lowest BCUT2D eigenvalue weighted by molar-refractivity contribution is -0.113. The summed E-state index contributed by atoms with van der Waals surface area (Å²) in [5.74, 6) is 0.306. The molecular weight excluding hydrogens is 546 g/mol. The minimum Gasteiger partial charge on any atom is -0.449 e. The molecule has 0 heterocycles. The number of nitrogens with one attached hydrogen (secondary N) is 1. The van der Waals surface area contributed by atoms with Gasteiger partial charge < -0.3 is 35.6 Å². The largest absolute Gasteiger partial charge is 0.449 e. The number of aliphatic hydroxyl groups excluding tert-OH is 5. The molecule has 5 atom stereocenters. The molecule has 8 nitrogen and oxygen atoms in total. The van der Waals surface area contributed by atoms with Crippen LogP contribution in [0.4, 0.5) is 4.79 Å². The van der Waals surface area contributed by atoms with E-state index in [0.29, 0.717) is 12.5 Å². The summed E-state index contributed by atoms with van der Waals surface area (Å²) in [7, 11) is 0. The maximum absolute atomic E-state index is 12.3. The van der Waals surface area contributed by atoms with Gasteiger partial charge in [0.05, 0.1) is 19.3 Å². The van der Waals surface area contributed by atoms with Crippen LogP contribution in [-0.4, -0.2) is 75.8 Å². The van der Waals surface area contributed by atoms with Gasteiger partial charge in [0.2, 0.25) is 0 Å². The molecule has 0 aromatic rings. The van der Waals surface area contributed by atoms with E-state index in [1.54, 1.807) is 0 Å². The summed E-state index contributed by atoms with van der Waals surface area (Å²) in [6.07, 6.45) is 23.6. The minimum absolute atomic E-state index is 0.306. The van der Waals surface area contributed by atoms with Gasteiger partial charge in [0.25, 0.3) is 0 Å². The molecule has 0 fully saturated rings. The molecule has 6 N–H and O–H groups in total. The molecule has 0 rings (SSSR count). The first-order chi connectivity index (χ1) is 20.9. The van der Waals surface area contributed by atoms with Crippen LogP contribution in [0.2, 0.25) is 0 Å². The monoisotopic (exact) mass is 618 g/mol. The standard InChI is InChI=1S/C35H71NO7/c1-3-5-7-9-11-13-15-16-18-20-22-24-26-30(25-23-21-19-17-14-12-10-8-6-4-2)29-43-35(42)36-27-31(38)33(40)34(41)32(39)28-37/h30-34,37-41H,3-29H2,1-2H3,(H,36,42)/t30?,31-,32-,33-,34+/m1/s1. The van der Waals surface area contributed by atoms with Gasteiger partial charge in [-0.25, -0.2) is 4.79 Å². The van der Waals surface area contributed by atoms with Crippen LogP contribution in [0.1, 0.15) is 168 Å². The molecule has 0 saturated heterocycles. The van der Waals surface area contributed by atoms with Crippen molar-refractivity contribution in [1.82, 2.24) is 5.32 Å². The molecule has 0 bridgehead atoms. The molecule has 0 aliphatic heterocycles. The highest BCUT2D eigenvalue weighted by Gasteiger charge is 2.30. The fourth-order valence-electron chi connectivity index (χ4n) is 5.62. The first-order valence-corrected chi connectivity index (χ1v) is 18.1. The van der Waals surface area contributed by atoms with Crippen LogP contribution in [0, 0.1) is 5.92 Å². The van der Waals surface area contributed by atoms with Crippen LogP contribution in [0.15, 0.2) is 0 Å². The van der Waals surface area contributed by atoms with Gasteiger partial charge in [-0.1, -0.05) is 155 Å². The van der Waals surface area contributed by atoms with Crippen molar-refractivity contribution in [3.8, 4) is 0 Å². The molecule has 1 amide bonds. The summed E-state index contributed by atoms with van der Waals surface area (Å²) < 4.78 is 5.47. The first kappa shape index (κ1) is 42.1. The molecule has 0 spiro atoms. The number of carbonyl (C=O) groups excluding carboxylic acids is 1. The predicted octanol–water partition coefficient (Wildman–Crippen LogP) is 7.17. The fourth-order valence-corrected chi connectivity index (χ4v) is 5.62. The van der Waals surface area contributed by atoms with Crippen LogP contribution >= 0.6 is 0 Å². The summed E-state index contributed by atoms with van der Waals surface area (Å²) in [4.78, 5) is 12.3. The molecule has 1 unspecified atom stereocenters. The summed E-state index contributed by atoms with van der Waals surface area (Å²) in [5.41, 5.74) is 0. The normalized spacial score (nSPS) is 15.1. The molecule has 8 heteroatoms. The summed E-state index contributed by atoms with van der Waals surface area (Å²) in [6.45, 7) is 3.75. The van der Waals surface area contributed by atoms with Crippen molar-refractivity contribution in [3.05, 3.63) is 0 Å². The second kappa shape index (κ2) is 31.1. The van der Waals surface area contributed by atoms with Gasteiger partial charge in [0.15, 0.2) is 0 Å². The van der Waals surface area contributed by atoms with E-state index < -0.39 is 37.1 Å². The highest BCUT2D eigenvalue weighted by atomic mass is 16.5. The lowest BCUT2D eigenvalue weighted by Crippen LogP contribution is -2.49. The van der Waals surface area contributed by atoms with E-state index in [2.05, 4.69) is 19.2 Å². The van der Waals surface area contributed by atoms with E-state index in [-0.39, 0.29) is 6.54 Å². The Balaban J connectivity index is 4.32. The van der Waals surface area contributed by atoms with Gasteiger partial charge in [-0.3, -0.25) is 0 Å².